The number of halogens is 1. The minimum Gasteiger partial charge on any atom is -0.446 e. The number of rotatable bonds is 2. The molecule has 1 saturated heterocycles. The van der Waals surface area contributed by atoms with Crippen LogP contribution in [0.15, 0.2) is 21.2 Å². The number of Topliss-reactive ketones (excluding diaryl/α,β-unsaturated/α-hetero) is 1. The van der Waals surface area contributed by atoms with E-state index in [0.29, 0.717) is 16.3 Å². The van der Waals surface area contributed by atoms with Crippen molar-refractivity contribution >= 4 is 21.7 Å². The predicted molar refractivity (Wildman–Crippen MR) is 77.2 cm³/mol. The minimum absolute atomic E-state index is 0.142. The summed E-state index contributed by atoms with van der Waals surface area (Å²) in [6, 6.07) is 3.58. The van der Waals surface area contributed by atoms with E-state index in [9.17, 15) is 4.79 Å². The van der Waals surface area contributed by atoms with E-state index >= 15 is 0 Å². The molecule has 1 aliphatic heterocycles. The Morgan fingerprint density at radius 1 is 1.21 bits per heavy atom. The molecule has 3 nitrogen and oxygen atoms in total. The molecule has 3 atom stereocenters. The van der Waals surface area contributed by atoms with Crippen LogP contribution in [0.2, 0.25) is 0 Å². The number of nitrogens with one attached hydrogen (secondary N) is 1. The maximum Gasteiger partial charge on any atom is 0.201 e. The molecular formula is C15H20BrNO2. The maximum atomic E-state index is 12.5. The van der Waals surface area contributed by atoms with Gasteiger partial charge in [-0.2, -0.15) is 0 Å². The average Bonchev–Trinajstić information content (AvgIpc) is 2.82. The summed E-state index contributed by atoms with van der Waals surface area (Å²) in [6.45, 7) is 2.24. The number of carbonyl (C=O) groups is 1. The third-order valence-corrected chi connectivity index (χ3v) is 4.93. The van der Waals surface area contributed by atoms with E-state index in [1.54, 1.807) is 12.1 Å². The number of ketones is 1. The molecule has 2 heterocycles. The van der Waals surface area contributed by atoms with Gasteiger partial charge in [-0.25, -0.2) is 0 Å². The summed E-state index contributed by atoms with van der Waals surface area (Å²) in [5.41, 5.74) is 0. The van der Waals surface area contributed by atoms with Gasteiger partial charge in [-0.1, -0.05) is 6.42 Å². The van der Waals surface area contributed by atoms with Crippen LogP contribution >= 0.6 is 15.9 Å². The van der Waals surface area contributed by atoms with Gasteiger partial charge < -0.3 is 9.73 Å². The van der Waals surface area contributed by atoms with Crippen molar-refractivity contribution in [1.29, 1.82) is 0 Å². The molecule has 0 radical (unpaired) electrons. The first-order valence-corrected chi connectivity index (χ1v) is 8.02. The summed E-state index contributed by atoms with van der Waals surface area (Å²) < 4.78 is 6.07. The van der Waals surface area contributed by atoms with Gasteiger partial charge in [0.2, 0.25) is 5.78 Å². The third kappa shape index (κ3) is 3.11. The standard InChI is InChI=1S/C15H20BrNO2/c16-14-5-4-13(19-14)15(18)12-3-1-2-10-6-11(7-12)9-17-8-10/h4-5,10-12,17H,1-3,6-9H2. The normalized spacial score (nSPS) is 31.5. The summed E-state index contributed by atoms with van der Waals surface area (Å²) in [6.07, 6.45) is 5.75. The van der Waals surface area contributed by atoms with Crippen molar-refractivity contribution in [2.75, 3.05) is 13.1 Å². The number of hydrogen-bond donors (Lipinski definition) is 1. The van der Waals surface area contributed by atoms with Gasteiger partial charge in [0.1, 0.15) is 0 Å². The van der Waals surface area contributed by atoms with Crippen LogP contribution in [-0.4, -0.2) is 18.9 Å². The number of piperidine rings is 1. The number of carbonyl (C=O) groups excluding carboxylic acids is 1. The van der Waals surface area contributed by atoms with Crippen molar-refractivity contribution < 1.29 is 9.21 Å². The molecule has 0 amide bonds. The van der Waals surface area contributed by atoms with E-state index in [4.69, 9.17) is 4.42 Å². The summed E-state index contributed by atoms with van der Waals surface area (Å²) >= 11 is 3.27. The monoisotopic (exact) mass is 325 g/mol. The van der Waals surface area contributed by atoms with Gasteiger partial charge in [-0.3, -0.25) is 4.79 Å². The van der Waals surface area contributed by atoms with Crippen molar-refractivity contribution in [2.24, 2.45) is 17.8 Å². The second-order valence-electron chi connectivity index (χ2n) is 5.96. The summed E-state index contributed by atoms with van der Waals surface area (Å²) in [5.74, 6) is 2.33. The molecule has 2 bridgehead atoms. The molecule has 0 spiro atoms. The molecule has 0 aromatic carbocycles. The summed E-state index contributed by atoms with van der Waals surface area (Å²) in [5, 5.41) is 3.52. The van der Waals surface area contributed by atoms with Gasteiger partial charge in [0.15, 0.2) is 10.4 Å². The molecule has 3 unspecified atom stereocenters. The number of fused-ring (bicyclic) bond motifs is 2. The van der Waals surface area contributed by atoms with Gasteiger partial charge in [-0.15, -0.1) is 0 Å². The topological polar surface area (TPSA) is 42.2 Å². The Labute approximate surface area is 122 Å². The van der Waals surface area contributed by atoms with Crippen LogP contribution in [0, 0.1) is 17.8 Å². The van der Waals surface area contributed by atoms with Crippen LogP contribution < -0.4 is 5.32 Å². The van der Waals surface area contributed by atoms with Crippen LogP contribution in [0.25, 0.3) is 0 Å². The van der Waals surface area contributed by atoms with Crippen molar-refractivity contribution in [3.05, 3.63) is 22.6 Å². The molecule has 1 N–H and O–H groups in total. The highest BCUT2D eigenvalue weighted by molar-refractivity contribution is 9.10. The van der Waals surface area contributed by atoms with Gasteiger partial charge >= 0.3 is 0 Å². The first kappa shape index (κ1) is 13.4. The smallest absolute Gasteiger partial charge is 0.201 e. The molecule has 3 rings (SSSR count). The molecular weight excluding hydrogens is 306 g/mol. The second-order valence-corrected chi connectivity index (χ2v) is 6.74. The Morgan fingerprint density at radius 2 is 2.05 bits per heavy atom. The molecule has 1 saturated carbocycles. The quantitative estimate of drug-likeness (QED) is 0.844. The van der Waals surface area contributed by atoms with Crippen molar-refractivity contribution in [3.8, 4) is 0 Å². The van der Waals surface area contributed by atoms with Crippen LogP contribution in [0.4, 0.5) is 0 Å². The zero-order chi connectivity index (χ0) is 13.2. The molecule has 2 fully saturated rings. The lowest BCUT2D eigenvalue weighted by atomic mass is 9.76. The van der Waals surface area contributed by atoms with Gasteiger partial charge in [0.25, 0.3) is 0 Å². The average molecular weight is 326 g/mol. The zero-order valence-electron chi connectivity index (χ0n) is 11.0. The van der Waals surface area contributed by atoms with Crippen LogP contribution in [-0.2, 0) is 0 Å². The highest BCUT2D eigenvalue weighted by Crippen LogP contribution is 2.33. The van der Waals surface area contributed by atoms with E-state index in [1.807, 2.05) is 0 Å². The zero-order valence-corrected chi connectivity index (χ0v) is 12.6. The maximum absolute atomic E-state index is 12.5. The molecule has 1 aromatic rings. The number of furan rings is 1. The fourth-order valence-corrected chi connectivity index (χ4v) is 3.89. The SMILES string of the molecule is O=C(c1ccc(Br)o1)C1CCCC2CNCC(C2)C1. The Bertz CT molecular complexity index is 457. The van der Waals surface area contributed by atoms with Crippen molar-refractivity contribution in [1.82, 2.24) is 5.32 Å². The third-order valence-electron chi connectivity index (χ3n) is 4.50. The second kappa shape index (κ2) is 5.80. The highest BCUT2D eigenvalue weighted by Gasteiger charge is 2.31. The summed E-state index contributed by atoms with van der Waals surface area (Å²) in [7, 11) is 0. The largest absolute Gasteiger partial charge is 0.446 e. The van der Waals surface area contributed by atoms with Gasteiger partial charge in [-0.05, 0) is 78.7 Å². The first-order valence-electron chi connectivity index (χ1n) is 7.22. The Kier molecular flexibility index (Phi) is 4.08. The number of hydrogen-bond acceptors (Lipinski definition) is 3. The molecule has 1 aromatic heterocycles. The van der Waals surface area contributed by atoms with Crippen molar-refractivity contribution in [3.63, 3.8) is 0 Å². The van der Waals surface area contributed by atoms with Crippen LogP contribution in [0.1, 0.15) is 42.7 Å². The molecule has 1 aliphatic carbocycles. The van der Waals surface area contributed by atoms with E-state index < -0.39 is 0 Å². The lowest BCUT2D eigenvalue weighted by molar-refractivity contribution is 0.0828. The highest BCUT2D eigenvalue weighted by atomic mass is 79.9. The van der Waals surface area contributed by atoms with E-state index in [0.717, 1.165) is 31.7 Å². The van der Waals surface area contributed by atoms with E-state index in [1.165, 1.54) is 19.4 Å². The first-order chi connectivity index (χ1) is 9.22. The lowest BCUT2D eigenvalue weighted by Crippen LogP contribution is -2.39. The van der Waals surface area contributed by atoms with Crippen molar-refractivity contribution in [2.45, 2.75) is 32.1 Å². The Morgan fingerprint density at radius 3 is 2.84 bits per heavy atom. The molecule has 4 heteroatoms. The Hall–Kier alpha value is -0.610. The minimum atomic E-state index is 0.142. The molecule has 104 valence electrons. The molecule has 19 heavy (non-hydrogen) atoms. The van der Waals surface area contributed by atoms with E-state index in [-0.39, 0.29) is 11.7 Å². The van der Waals surface area contributed by atoms with Crippen LogP contribution in [0.3, 0.4) is 0 Å². The molecule has 2 aliphatic rings. The summed E-state index contributed by atoms with van der Waals surface area (Å²) in [4.78, 5) is 12.5. The Balaban J connectivity index is 1.71. The van der Waals surface area contributed by atoms with Gasteiger partial charge in [0.05, 0.1) is 0 Å². The van der Waals surface area contributed by atoms with Crippen LogP contribution in [0.5, 0.6) is 0 Å². The fraction of sp³-hybridized carbons (Fsp3) is 0.667. The fourth-order valence-electron chi connectivity index (χ4n) is 3.59. The van der Waals surface area contributed by atoms with E-state index in [2.05, 4.69) is 21.2 Å². The lowest BCUT2D eigenvalue weighted by Gasteiger charge is -2.34. The predicted octanol–water partition coefficient (Wildman–Crippen LogP) is 3.64. The van der Waals surface area contributed by atoms with Gasteiger partial charge in [0, 0.05) is 5.92 Å².